The van der Waals surface area contributed by atoms with Crippen LogP contribution in [-0.2, 0) is 56.1 Å². The van der Waals surface area contributed by atoms with Crippen molar-refractivity contribution in [1.29, 1.82) is 0 Å². The molecule has 1 N–H and O–H groups in total. The molecule has 0 saturated carbocycles. The van der Waals surface area contributed by atoms with Crippen LogP contribution >= 0.6 is 0 Å². The van der Waals surface area contributed by atoms with E-state index < -0.39 is 48.2 Å². The fourth-order valence-corrected chi connectivity index (χ4v) is 6.32. The van der Waals surface area contributed by atoms with Gasteiger partial charge in [-0.1, -0.05) is 60.7 Å². The van der Waals surface area contributed by atoms with Crippen molar-refractivity contribution in [2.75, 3.05) is 99.9 Å². The first-order valence-electron chi connectivity index (χ1n) is 17.6. The minimum Gasteiger partial charge on any atom is -0.468 e. The fraction of sp³-hybridized carbons (Fsp3) is 0.541. The summed E-state index contributed by atoms with van der Waals surface area (Å²) in [5, 5.41) is 11.9. The largest absolute Gasteiger partial charge is 0.468 e. The van der Waals surface area contributed by atoms with Crippen molar-refractivity contribution in [2.24, 2.45) is 0 Å². The van der Waals surface area contributed by atoms with E-state index in [9.17, 15) is 29.1 Å². The summed E-state index contributed by atoms with van der Waals surface area (Å²) >= 11 is 0. The first-order chi connectivity index (χ1) is 25.6. The first-order valence-corrected chi connectivity index (χ1v) is 17.6. The number of hydrogen-bond donors (Lipinski definition) is 1. The zero-order chi connectivity index (χ0) is 38.2. The summed E-state index contributed by atoms with van der Waals surface area (Å²) in [7, 11) is 3.93. The van der Waals surface area contributed by atoms with Crippen LogP contribution in [0.3, 0.4) is 0 Å². The molecule has 0 unspecified atom stereocenters. The highest BCUT2D eigenvalue weighted by molar-refractivity contribution is 5.83. The van der Waals surface area contributed by atoms with E-state index in [-0.39, 0.29) is 39.4 Å². The molecule has 53 heavy (non-hydrogen) atoms. The Morgan fingerprint density at radius 2 is 1.00 bits per heavy atom. The van der Waals surface area contributed by atoms with Gasteiger partial charge < -0.3 is 28.8 Å². The number of amides is 1. The number of methoxy groups -OCH3 is 3. The van der Waals surface area contributed by atoms with Gasteiger partial charge >= 0.3 is 30.0 Å². The van der Waals surface area contributed by atoms with Crippen LogP contribution in [-0.4, -0.2) is 178 Å². The van der Waals surface area contributed by atoms with Crippen molar-refractivity contribution in [3.63, 3.8) is 0 Å². The van der Waals surface area contributed by atoms with Crippen LogP contribution in [0, 0.1) is 0 Å². The van der Waals surface area contributed by atoms with Crippen molar-refractivity contribution in [1.82, 2.24) is 24.5 Å². The maximum absolute atomic E-state index is 13.7. The van der Waals surface area contributed by atoms with E-state index in [1.165, 1.54) is 26.2 Å². The average Bonchev–Trinajstić information content (AvgIpc) is 3.52. The van der Waals surface area contributed by atoms with Gasteiger partial charge in [0.2, 0.25) is 0 Å². The first kappa shape index (κ1) is 41.2. The molecule has 2 aromatic rings. The van der Waals surface area contributed by atoms with Gasteiger partial charge in [-0.25, -0.2) is 9.59 Å². The maximum Gasteiger partial charge on any atom is 0.410 e. The number of esters is 4. The molecule has 16 heteroatoms. The Bertz CT molecular complexity index is 1450. The third-order valence-electron chi connectivity index (χ3n) is 9.42. The molecule has 1 amide bonds. The van der Waals surface area contributed by atoms with Gasteiger partial charge in [0.05, 0.1) is 47.0 Å². The van der Waals surface area contributed by atoms with Gasteiger partial charge in [-0.05, 0) is 11.1 Å². The van der Waals surface area contributed by atoms with Gasteiger partial charge in [0.15, 0.2) is 6.04 Å². The zero-order valence-electron chi connectivity index (χ0n) is 30.7. The smallest absolute Gasteiger partial charge is 0.410 e. The number of aliphatic hydroxyl groups is 1. The Hall–Kier alpha value is -4.61. The zero-order valence-corrected chi connectivity index (χ0v) is 30.7. The molecule has 2 aliphatic heterocycles. The van der Waals surface area contributed by atoms with E-state index in [0.29, 0.717) is 52.4 Å². The van der Waals surface area contributed by atoms with E-state index in [1.807, 2.05) is 68.1 Å². The maximum atomic E-state index is 13.7. The molecule has 0 radical (unpaired) electrons. The number of carbonyl (C=O) groups is 5. The summed E-state index contributed by atoms with van der Waals surface area (Å²) in [6, 6.07) is 16.1. The Morgan fingerprint density at radius 1 is 0.604 bits per heavy atom. The van der Waals surface area contributed by atoms with Crippen molar-refractivity contribution in [3.05, 3.63) is 71.8 Å². The monoisotopic (exact) mass is 741 g/mol. The second kappa shape index (κ2) is 21.2. The van der Waals surface area contributed by atoms with Gasteiger partial charge in [0, 0.05) is 58.9 Å². The molecule has 2 aromatic carbocycles. The summed E-state index contributed by atoms with van der Waals surface area (Å²) in [4.78, 5) is 73.2. The van der Waals surface area contributed by atoms with Crippen molar-refractivity contribution < 1.29 is 52.8 Å². The van der Waals surface area contributed by atoms with Gasteiger partial charge in [0.25, 0.3) is 0 Å². The van der Waals surface area contributed by atoms with Crippen molar-refractivity contribution in [2.45, 2.75) is 31.4 Å². The topological polar surface area (TPSA) is 168 Å². The lowest BCUT2D eigenvalue weighted by Crippen LogP contribution is -2.53. The van der Waals surface area contributed by atoms with Crippen molar-refractivity contribution >= 4 is 30.0 Å². The van der Waals surface area contributed by atoms with Crippen LogP contribution in [0.4, 0.5) is 4.79 Å². The third-order valence-corrected chi connectivity index (χ3v) is 9.42. The molecule has 2 fully saturated rings. The molecule has 2 saturated heterocycles. The Balaban J connectivity index is 1.60. The molecule has 290 valence electrons. The average molecular weight is 742 g/mol. The summed E-state index contributed by atoms with van der Waals surface area (Å²) in [6.45, 7) is 2.69. The summed E-state index contributed by atoms with van der Waals surface area (Å²) < 4.78 is 26.1. The van der Waals surface area contributed by atoms with Crippen LogP contribution in [0.15, 0.2) is 60.7 Å². The second-order valence-corrected chi connectivity index (χ2v) is 12.9. The van der Waals surface area contributed by atoms with Crippen LogP contribution in [0.5, 0.6) is 0 Å². The highest BCUT2D eigenvalue weighted by Crippen LogP contribution is 2.26. The molecule has 0 aliphatic carbocycles. The molecule has 0 spiro atoms. The van der Waals surface area contributed by atoms with E-state index >= 15 is 0 Å². The molecular weight excluding hydrogens is 690 g/mol. The molecule has 0 bridgehead atoms. The van der Waals surface area contributed by atoms with Gasteiger partial charge in [0.1, 0.15) is 19.3 Å². The van der Waals surface area contributed by atoms with E-state index in [2.05, 4.69) is 0 Å². The Labute approximate surface area is 310 Å². The Kier molecular flexibility index (Phi) is 16.4. The quantitative estimate of drug-likeness (QED) is 0.232. The normalized spacial score (nSPS) is 21.1. The highest BCUT2D eigenvalue weighted by atomic mass is 16.6. The molecular formula is C37H51N5O11. The van der Waals surface area contributed by atoms with E-state index in [0.717, 1.165) is 11.1 Å². The number of likely N-dealkylation sites (tertiary alicyclic amines) is 1. The van der Waals surface area contributed by atoms with Crippen LogP contribution in [0.2, 0.25) is 0 Å². The standard InChI is InChI=1S/C37H51N5O11/c1-49-31(43)23-38-14-16-39(24-32(44)50-2)18-20-41(21-19-40(17-15-38)25-33(45)51-3)30-22-42(37(48)53-27-29-12-8-5-9-13-29)34(35(30)46)36(47)52-26-28-10-6-4-7-11-28/h4-13,30,34-35,46H,14-27H2,1-3H3/t30-,34+,35+/m1/s1. The molecule has 16 nitrogen and oxygen atoms in total. The molecule has 4 rings (SSSR count). The molecule has 2 aliphatic rings. The molecule has 0 aromatic heterocycles. The Morgan fingerprint density at radius 3 is 1.42 bits per heavy atom. The van der Waals surface area contributed by atoms with Crippen LogP contribution in [0.1, 0.15) is 11.1 Å². The third kappa shape index (κ3) is 12.8. The molecule has 3 atom stereocenters. The SMILES string of the molecule is COC(=O)CN1CCN(CC(=O)OC)CCN([C@@H]2CN(C(=O)OCc3ccccc3)[C@H](C(=O)OCc3ccccc3)[C@H]2O)CCN(CC(=O)OC)CC1. The van der Waals surface area contributed by atoms with Crippen molar-refractivity contribution in [3.8, 4) is 0 Å². The number of benzene rings is 2. The van der Waals surface area contributed by atoms with Crippen LogP contribution in [0.25, 0.3) is 0 Å². The minimum absolute atomic E-state index is 0.0208. The minimum atomic E-state index is -1.37. The predicted octanol–water partition coefficient (Wildman–Crippen LogP) is 0.221. The number of rotatable bonds is 12. The predicted molar refractivity (Wildman–Crippen MR) is 190 cm³/mol. The second-order valence-electron chi connectivity index (χ2n) is 12.9. The molecule has 2 heterocycles. The number of aliphatic hydroxyl groups excluding tert-OH is 1. The number of hydrogen-bond acceptors (Lipinski definition) is 15. The van der Waals surface area contributed by atoms with Crippen LogP contribution < -0.4 is 0 Å². The van der Waals surface area contributed by atoms with Gasteiger partial charge in [-0.2, -0.15) is 0 Å². The lowest BCUT2D eigenvalue weighted by molar-refractivity contribution is -0.153. The fourth-order valence-electron chi connectivity index (χ4n) is 6.32. The highest BCUT2D eigenvalue weighted by Gasteiger charge is 2.50. The number of carbonyl (C=O) groups excluding carboxylic acids is 5. The summed E-state index contributed by atoms with van der Waals surface area (Å²) in [5.74, 6) is -2.08. The van der Waals surface area contributed by atoms with Gasteiger partial charge in [-0.15, -0.1) is 0 Å². The lowest BCUT2D eigenvalue weighted by Gasteiger charge is -2.36. The number of ether oxygens (including phenoxy) is 5. The summed E-state index contributed by atoms with van der Waals surface area (Å²) in [5.41, 5.74) is 1.50. The van der Waals surface area contributed by atoms with E-state index in [1.54, 1.807) is 12.1 Å². The van der Waals surface area contributed by atoms with E-state index in [4.69, 9.17) is 23.7 Å². The lowest BCUT2D eigenvalue weighted by atomic mass is 10.1. The van der Waals surface area contributed by atoms with Gasteiger partial charge in [-0.3, -0.25) is 38.9 Å². The number of nitrogens with zero attached hydrogens (tertiary/aromatic N) is 5. The summed E-state index contributed by atoms with van der Waals surface area (Å²) in [6.07, 6.45) is -2.15.